The number of alkyl halides is 2. The van der Waals surface area contributed by atoms with Crippen LogP contribution in [0.3, 0.4) is 0 Å². The molecule has 1 saturated carbocycles. The summed E-state index contributed by atoms with van der Waals surface area (Å²) in [6, 6.07) is 3.53. The highest BCUT2D eigenvalue weighted by molar-refractivity contribution is 7.16. The molecule has 0 aliphatic heterocycles. The van der Waals surface area contributed by atoms with Crippen molar-refractivity contribution in [3.05, 3.63) is 21.3 Å². The highest BCUT2D eigenvalue weighted by Gasteiger charge is 2.57. The second-order valence-electron chi connectivity index (χ2n) is 3.80. The lowest BCUT2D eigenvalue weighted by Crippen LogP contribution is -2.53. The molecule has 5 heteroatoms. The molecule has 0 spiro atoms. The summed E-state index contributed by atoms with van der Waals surface area (Å²) in [5.74, 6) is -2.55. The van der Waals surface area contributed by atoms with Crippen molar-refractivity contribution in [2.45, 2.75) is 24.2 Å². The van der Waals surface area contributed by atoms with Gasteiger partial charge in [-0.05, 0) is 12.1 Å². The molecule has 0 saturated heterocycles. The third kappa shape index (κ3) is 1.55. The van der Waals surface area contributed by atoms with Crippen LogP contribution in [-0.4, -0.2) is 12.5 Å². The molecule has 1 aliphatic rings. The lowest BCUT2D eigenvalue weighted by atomic mass is 9.65. The normalized spacial score (nSPS) is 23.1. The molecule has 2 rings (SSSR count). The number of rotatable bonds is 2. The van der Waals surface area contributed by atoms with Crippen LogP contribution in [0.15, 0.2) is 12.1 Å². The van der Waals surface area contributed by atoms with Gasteiger partial charge in [0.05, 0.1) is 4.34 Å². The molecule has 0 atom stereocenters. The number of halogens is 3. The van der Waals surface area contributed by atoms with E-state index in [1.54, 1.807) is 12.1 Å². The smallest absolute Gasteiger partial charge is 0.250 e. The summed E-state index contributed by atoms with van der Waals surface area (Å²) in [5, 5.41) is 0. The van der Waals surface area contributed by atoms with Crippen LogP contribution >= 0.6 is 22.9 Å². The van der Waals surface area contributed by atoms with E-state index >= 15 is 0 Å². The Morgan fingerprint density at radius 3 is 2.43 bits per heavy atom. The quantitative estimate of drug-likeness (QED) is 0.841. The average molecular weight is 238 g/mol. The molecule has 14 heavy (non-hydrogen) atoms. The Balaban J connectivity index is 2.24. The first-order valence-electron chi connectivity index (χ1n) is 4.31. The first kappa shape index (κ1) is 10.3. The van der Waals surface area contributed by atoms with Crippen LogP contribution in [-0.2, 0) is 5.41 Å². The van der Waals surface area contributed by atoms with Crippen molar-refractivity contribution >= 4 is 22.9 Å². The summed E-state index contributed by atoms with van der Waals surface area (Å²) >= 11 is 7.11. The summed E-state index contributed by atoms with van der Waals surface area (Å²) in [6.07, 6.45) is -0.291. The molecule has 1 fully saturated rings. The van der Waals surface area contributed by atoms with Gasteiger partial charge in [-0.1, -0.05) is 11.6 Å². The van der Waals surface area contributed by atoms with Crippen molar-refractivity contribution in [3.63, 3.8) is 0 Å². The predicted molar refractivity (Wildman–Crippen MR) is 54.2 cm³/mol. The highest BCUT2D eigenvalue weighted by atomic mass is 35.5. The van der Waals surface area contributed by atoms with E-state index in [9.17, 15) is 8.78 Å². The fourth-order valence-electron chi connectivity index (χ4n) is 1.96. The molecule has 0 unspecified atom stereocenters. The number of nitrogens with two attached hydrogens (primary N) is 1. The summed E-state index contributed by atoms with van der Waals surface area (Å²) in [4.78, 5) is 0.885. The maximum Gasteiger partial charge on any atom is 0.250 e. The molecular weight excluding hydrogens is 228 g/mol. The summed E-state index contributed by atoms with van der Waals surface area (Å²) in [5.41, 5.74) is 5.03. The van der Waals surface area contributed by atoms with Crippen molar-refractivity contribution in [1.29, 1.82) is 0 Å². The number of hydrogen-bond acceptors (Lipinski definition) is 2. The van der Waals surface area contributed by atoms with Gasteiger partial charge in [0.1, 0.15) is 0 Å². The fourth-order valence-corrected chi connectivity index (χ4v) is 3.20. The molecule has 0 bridgehead atoms. The van der Waals surface area contributed by atoms with Gasteiger partial charge in [0, 0.05) is 29.7 Å². The monoisotopic (exact) mass is 237 g/mol. The van der Waals surface area contributed by atoms with E-state index in [0.717, 1.165) is 4.88 Å². The van der Waals surface area contributed by atoms with Gasteiger partial charge in [-0.25, -0.2) is 8.78 Å². The Morgan fingerprint density at radius 2 is 2.07 bits per heavy atom. The molecule has 0 amide bonds. The van der Waals surface area contributed by atoms with Crippen LogP contribution in [0.25, 0.3) is 0 Å². The molecule has 0 aromatic carbocycles. The van der Waals surface area contributed by atoms with E-state index < -0.39 is 11.3 Å². The zero-order valence-electron chi connectivity index (χ0n) is 7.40. The summed E-state index contributed by atoms with van der Waals surface area (Å²) < 4.78 is 26.3. The Morgan fingerprint density at radius 1 is 1.43 bits per heavy atom. The van der Waals surface area contributed by atoms with Gasteiger partial charge in [0.25, 0.3) is 0 Å². The van der Waals surface area contributed by atoms with E-state index in [1.165, 1.54) is 11.3 Å². The molecule has 2 N–H and O–H groups in total. The Labute approximate surface area is 89.9 Å². The topological polar surface area (TPSA) is 26.0 Å². The van der Waals surface area contributed by atoms with Crippen molar-refractivity contribution in [2.24, 2.45) is 5.73 Å². The molecule has 78 valence electrons. The Kier molecular flexibility index (Phi) is 2.33. The van der Waals surface area contributed by atoms with E-state index in [0.29, 0.717) is 4.34 Å². The second-order valence-corrected chi connectivity index (χ2v) is 5.51. The maximum atomic E-state index is 12.8. The van der Waals surface area contributed by atoms with Crippen molar-refractivity contribution < 1.29 is 8.78 Å². The van der Waals surface area contributed by atoms with Crippen LogP contribution < -0.4 is 5.73 Å². The van der Waals surface area contributed by atoms with Gasteiger partial charge in [0.2, 0.25) is 5.92 Å². The first-order valence-corrected chi connectivity index (χ1v) is 5.51. The molecule has 0 radical (unpaired) electrons. The van der Waals surface area contributed by atoms with Crippen LogP contribution in [0.2, 0.25) is 4.34 Å². The van der Waals surface area contributed by atoms with Crippen LogP contribution in [0.5, 0.6) is 0 Å². The molecule has 1 nitrogen and oxygen atoms in total. The maximum absolute atomic E-state index is 12.8. The third-order valence-corrected chi connectivity index (χ3v) is 4.16. The van der Waals surface area contributed by atoms with Crippen LogP contribution in [0, 0.1) is 0 Å². The Bertz CT molecular complexity index is 342. The third-order valence-electron chi connectivity index (χ3n) is 2.68. The average Bonchev–Trinajstić information content (AvgIpc) is 2.47. The Hall–Kier alpha value is -0.190. The zero-order valence-corrected chi connectivity index (χ0v) is 8.97. The van der Waals surface area contributed by atoms with Crippen LogP contribution in [0.4, 0.5) is 8.78 Å². The van der Waals surface area contributed by atoms with E-state index in [1.807, 2.05) is 0 Å². The summed E-state index contributed by atoms with van der Waals surface area (Å²) in [6.45, 7) is 0.263. The van der Waals surface area contributed by atoms with E-state index in [-0.39, 0.29) is 19.4 Å². The van der Waals surface area contributed by atoms with E-state index in [4.69, 9.17) is 17.3 Å². The highest BCUT2D eigenvalue weighted by Crippen LogP contribution is 2.54. The molecule has 1 aromatic rings. The summed E-state index contributed by atoms with van der Waals surface area (Å²) in [7, 11) is 0. The fraction of sp³-hybridized carbons (Fsp3) is 0.556. The first-order chi connectivity index (χ1) is 6.47. The van der Waals surface area contributed by atoms with Crippen molar-refractivity contribution in [3.8, 4) is 0 Å². The molecule has 1 aliphatic carbocycles. The van der Waals surface area contributed by atoms with E-state index in [2.05, 4.69) is 0 Å². The largest absolute Gasteiger partial charge is 0.330 e. The van der Waals surface area contributed by atoms with Gasteiger partial charge in [0.15, 0.2) is 0 Å². The zero-order chi connectivity index (χ0) is 10.4. The second kappa shape index (κ2) is 3.15. The van der Waals surface area contributed by atoms with Gasteiger partial charge in [-0.2, -0.15) is 0 Å². The molecular formula is C9H10ClF2NS. The van der Waals surface area contributed by atoms with Crippen molar-refractivity contribution in [1.82, 2.24) is 0 Å². The minimum atomic E-state index is -2.55. The van der Waals surface area contributed by atoms with Gasteiger partial charge in [-0.15, -0.1) is 11.3 Å². The lowest BCUT2D eigenvalue weighted by Gasteiger charge is -2.46. The lowest BCUT2D eigenvalue weighted by molar-refractivity contribution is -0.122. The molecule has 1 aromatic heterocycles. The number of hydrogen-bond donors (Lipinski definition) is 1. The van der Waals surface area contributed by atoms with Crippen molar-refractivity contribution in [2.75, 3.05) is 6.54 Å². The standard InChI is InChI=1S/C9H10ClF2NS/c10-7-2-1-6(14-7)8(5-13)3-9(11,12)4-8/h1-2H,3-5,13H2. The predicted octanol–water partition coefficient (Wildman–Crippen LogP) is 3.03. The molecule has 1 heterocycles. The van der Waals surface area contributed by atoms with Crippen LogP contribution in [0.1, 0.15) is 17.7 Å². The minimum Gasteiger partial charge on any atom is -0.330 e. The van der Waals surface area contributed by atoms with Gasteiger partial charge < -0.3 is 5.73 Å². The minimum absolute atomic E-state index is 0.145. The van der Waals surface area contributed by atoms with Gasteiger partial charge >= 0.3 is 0 Å². The number of thiophene rings is 1. The van der Waals surface area contributed by atoms with Gasteiger partial charge in [-0.3, -0.25) is 0 Å². The SMILES string of the molecule is NCC1(c2ccc(Cl)s2)CC(F)(F)C1.